The molecule has 1 aliphatic carbocycles. The molecule has 1 aliphatic rings. The Morgan fingerprint density at radius 2 is 2.21 bits per heavy atom. The van der Waals surface area contributed by atoms with Gasteiger partial charge in [0.15, 0.2) is 11.6 Å². The van der Waals surface area contributed by atoms with E-state index in [-0.39, 0.29) is 5.75 Å². The first-order chi connectivity index (χ1) is 6.72. The number of halogens is 1. The van der Waals surface area contributed by atoms with E-state index in [9.17, 15) is 4.39 Å². The summed E-state index contributed by atoms with van der Waals surface area (Å²) in [4.78, 5) is 0. The average Bonchev–Trinajstić information content (AvgIpc) is 2.98. The number of ether oxygens (including phenoxy) is 1. The quantitative estimate of drug-likeness (QED) is 0.719. The van der Waals surface area contributed by atoms with Crippen molar-refractivity contribution in [3.8, 4) is 11.8 Å². The number of benzene rings is 1. The molecule has 0 saturated heterocycles. The van der Waals surface area contributed by atoms with Crippen molar-refractivity contribution in [2.75, 3.05) is 7.11 Å². The third kappa shape index (κ3) is 1.24. The van der Waals surface area contributed by atoms with Crippen molar-refractivity contribution in [3.05, 3.63) is 29.6 Å². The van der Waals surface area contributed by atoms with Crippen LogP contribution < -0.4 is 4.74 Å². The first kappa shape index (κ1) is 9.01. The van der Waals surface area contributed by atoms with Crippen LogP contribution in [0.2, 0.25) is 0 Å². The van der Waals surface area contributed by atoms with Crippen molar-refractivity contribution in [1.29, 1.82) is 5.26 Å². The van der Waals surface area contributed by atoms with E-state index in [4.69, 9.17) is 10.00 Å². The molecular weight excluding hydrogens is 181 g/mol. The van der Waals surface area contributed by atoms with E-state index < -0.39 is 11.2 Å². The minimum absolute atomic E-state index is 0.225. The largest absolute Gasteiger partial charge is 0.494 e. The molecule has 1 fully saturated rings. The molecule has 0 bridgehead atoms. The van der Waals surface area contributed by atoms with Gasteiger partial charge in [-0.15, -0.1) is 0 Å². The summed E-state index contributed by atoms with van der Waals surface area (Å²) in [6.07, 6.45) is 1.66. The number of nitriles is 1. The van der Waals surface area contributed by atoms with Crippen LogP contribution in [-0.2, 0) is 5.41 Å². The summed E-state index contributed by atoms with van der Waals surface area (Å²) in [5, 5.41) is 8.92. The van der Waals surface area contributed by atoms with Gasteiger partial charge in [0, 0.05) is 0 Å². The third-order valence-electron chi connectivity index (χ3n) is 2.67. The second kappa shape index (κ2) is 2.98. The fraction of sp³-hybridized carbons (Fsp3) is 0.364. The number of methoxy groups -OCH3 is 1. The summed E-state index contributed by atoms with van der Waals surface area (Å²) in [6.45, 7) is 0. The molecule has 0 atom stereocenters. The molecule has 1 saturated carbocycles. The molecule has 2 nitrogen and oxygen atoms in total. The Morgan fingerprint density at radius 1 is 1.50 bits per heavy atom. The van der Waals surface area contributed by atoms with Crippen molar-refractivity contribution in [2.45, 2.75) is 18.3 Å². The predicted octanol–water partition coefficient (Wildman–Crippen LogP) is 2.39. The van der Waals surface area contributed by atoms with E-state index in [0.29, 0.717) is 0 Å². The fourth-order valence-electron chi connectivity index (χ4n) is 1.55. The molecule has 0 spiro atoms. The maximum absolute atomic E-state index is 13.3. The van der Waals surface area contributed by atoms with E-state index >= 15 is 0 Å². The monoisotopic (exact) mass is 191 g/mol. The summed E-state index contributed by atoms with van der Waals surface area (Å²) in [5.41, 5.74) is 0.339. The molecular formula is C11H10FNO. The van der Waals surface area contributed by atoms with Gasteiger partial charge in [-0.1, -0.05) is 6.07 Å². The molecule has 1 aromatic carbocycles. The average molecular weight is 191 g/mol. The highest BCUT2D eigenvalue weighted by molar-refractivity contribution is 5.42. The Hall–Kier alpha value is -1.56. The molecule has 0 aromatic heterocycles. The van der Waals surface area contributed by atoms with Gasteiger partial charge in [0.05, 0.1) is 18.6 Å². The van der Waals surface area contributed by atoms with Gasteiger partial charge in [-0.3, -0.25) is 0 Å². The lowest BCUT2D eigenvalue weighted by Gasteiger charge is -2.08. The van der Waals surface area contributed by atoms with Gasteiger partial charge < -0.3 is 4.74 Å². The smallest absolute Gasteiger partial charge is 0.165 e. The first-order valence-electron chi connectivity index (χ1n) is 4.47. The lowest BCUT2D eigenvalue weighted by atomic mass is 9.98. The van der Waals surface area contributed by atoms with Crippen molar-refractivity contribution in [3.63, 3.8) is 0 Å². The minimum Gasteiger partial charge on any atom is -0.494 e. The number of hydrogen-bond acceptors (Lipinski definition) is 2. The molecule has 0 aliphatic heterocycles. The van der Waals surface area contributed by atoms with Crippen LogP contribution in [0.15, 0.2) is 18.2 Å². The van der Waals surface area contributed by atoms with E-state index in [1.54, 1.807) is 12.1 Å². The zero-order valence-corrected chi connectivity index (χ0v) is 7.88. The van der Waals surface area contributed by atoms with Gasteiger partial charge in [-0.05, 0) is 30.5 Å². The summed E-state index contributed by atoms with van der Waals surface area (Å²) in [5.74, 6) is -0.172. The summed E-state index contributed by atoms with van der Waals surface area (Å²) >= 11 is 0. The van der Waals surface area contributed by atoms with Gasteiger partial charge in [0.2, 0.25) is 0 Å². The molecule has 0 amide bonds. The van der Waals surface area contributed by atoms with Crippen LogP contribution in [0.3, 0.4) is 0 Å². The van der Waals surface area contributed by atoms with Crippen LogP contribution in [-0.4, -0.2) is 7.11 Å². The number of rotatable bonds is 2. The summed E-state index contributed by atoms with van der Waals surface area (Å²) < 4.78 is 18.1. The van der Waals surface area contributed by atoms with E-state index in [1.165, 1.54) is 13.2 Å². The normalized spacial score (nSPS) is 17.2. The SMILES string of the molecule is COc1ccc(C2(C#N)CC2)cc1F. The van der Waals surface area contributed by atoms with Gasteiger partial charge >= 0.3 is 0 Å². The standard InChI is InChI=1S/C11H10FNO/c1-14-10-3-2-8(6-9(10)12)11(7-13)4-5-11/h2-3,6H,4-5H2,1H3. The zero-order valence-electron chi connectivity index (χ0n) is 7.88. The van der Waals surface area contributed by atoms with Crippen LogP contribution in [0.25, 0.3) is 0 Å². The van der Waals surface area contributed by atoms with Crippen molar-refractivity contribution >= 4 is 0 Å². The Labute approximate surface area is 81.9 Å². The second-order valence-electron chi connectivity index (χ2n) is 3.54. The first-order valence-corrected chi connectivity index (χ1v) is 4.47. The highest BCUT2D eigenvalue weighted by atomic mass is 19.1. The Morgan fingerprint density at radius 3 is 2.64 bits per heavy atom. The van der Waals surface area contributed by atoms with Crippen LogP contribution in [0, 0.1) is 17.1 Å². The van der Waals surface area contributed by atoms with Crippen molar-refractivity contribution < 1.29 is 9.13 Å². The minimum atomic E-state index is -0.424. The van der Waals surface area contributed by atoms with Gasteiger partial charge in [0.1, 0.15) is 0 Å². The number of nitrogens with zero attached hydrogens (tertiary/aromatic N) is 1. The Balaban J connectivity index is 2.39. The lowest BCUT2D eigenvalue weighted by molar-refractivity contribution is 0.386. The van der Waals surface area contributed by atoms with Crippen LogP contribution >= 0.6 is 0 Å². The molecule has 1 aromatic rings. The van der Waals surface area contributed by atoms with E-state index in [0.717, 1.165) is 18.4 Å². The predicted molar refractivity (Wildman–Crippen MR) is 49.5 cm³/mol. The molecule has 0 N–H and O–H groups in total. The summed E-state index contributed by atoms with van der Waals surface area (Å²) in [7, 11) is 1.43. The van der Waals surface area contributed by atoms with Gasteiger partial charge in [0.25, 0.3) is 0 Å². The Kier molecular flexibility index (Phi) is 1.92. The molecule has 0 heterocycles. The lowest BCUT2D eigenvalue weighted by Crippen LogP contribution is -2.03. The van der Waals surface area contributed by atoms with Crippen LogP contribution in [0.1, 0.15) is 18.4 Å². The third-order valence-corrected chi connectivity index (χ3v) is 2.67. The maximum Gasteiger partial charge on any atom is 0.165 e. The Bertz CT molecular complexity index is 404. The molecule has 72 valence electrons. The highest BCUT2D eigenvalue weighted by Crippen LogP contribution is 2.48. The van der Waals surface area contributed by atoms with Crippen LogP contribution in [0.5, 0.6) is 5.75 Å². The maximum atomic E-state index is 13.3. The zero-order chi connectivity index (χ0) is 10.2. The topological polar surface area (TPSA) is 33.0 Å². The summed E-state index contributed by atoms with van der Waals surface area (Å²) in [6, 6.07) is 6.96. The van der Waals surface area contributed by atoms with Crippen LogP contribution in [0.4, 0.5) is 4.39 Å². The molecule has 0 radical (unpaired) electrons. The molecule has 0 unspecified atom stereocenters. The van der Waals surface area contributed by atoms with E-state index in [1.807, 2.05) is 0 Å². The second-order valence-corrected chi connectivity index (χ2v) is 3.54. The van der Waals surface area contributed by atoms with Gasteiger partial charge in [-0.2, -0.15) is 5.26 Å². The number of hydrogen-bond donors (Lipinski definition) is 0. The van der Waals surface area contributed by atoms with E-state index in [2.05, 4.69) is 6.07 Å². The van der Waals surface area contributed by atoms with Gasteiger partial charge in [-0.25, -0.2) is 4.39 Å². The fourth-order valence-corrected chi connectivity index (χ4v) is 1.55. The molecule has 3 heteroatoms. The molecule has 14 heavy (non-hydrogen) atoms. The van der Waals surface area contributed by atoms with Crippen molar-refractivity contribution in [1.82, 2.24) is 0 Å². The van der Waals surface area contributed by atoms with Crippen molar-refractivity contribution in [2.24, 2.45) is 0 Å². The highest BCUT2D eigenvalue weighted by Gasteiger charge is 2.45. The molecule has 2 rings (SSSR count).